The number of hydrogen-bond acceptors (Lipinski definition) is 4. The zero-order valence-corrected chi connectivity index (χ0v) is 8.55. The molecule has 0 aromatic heterocycles. The van der Waals surface area contributed by atoms with Gasteiger partial charge < -0.3 is 10.4 Å². The molecule has 0 aromatic carbocycles. The fraction of sp³-hybridized carbons (Fsp3) is 1.00. The van der Waals surface area contributed by atoms with E-state index in [1.807, 2.05) is 0 Å². The van der Waals surface area contributed by atoms with Crippen LogP contribution in [-0.2, 0) is 10.0 Å². The van der Waals surface area contributed by atoms with Gasteiger partial charge in [0.05, 0.1) is 12.9 Å². The molecule has 1 fully saturated rings. The maximum Gasteiger partial charge on any atom is 0.211 e. The van der Waals surface area contributed by atoms with Gasteiger partial charge in [-0.3, -0.25) is 0 Å². The van der Waals surface area contributed by atoms with Gasteiger partial charge in [0.1, 0.15) is 0 Å². The van der Waals surface area contributed by atoms with E-state index in [0.29, 0.717) is 6.54 Å². The quantitative estimate of drug-likeness (QED) is 0.596. The van der Waals surface area contributed by atoms with Crippen LogP contribution in [0.25, 0.3) is 0 Å². The highest BCUT2D eigenvalue weighted by molar-refractivity contribution is 7.88. The van der Waals surface area contributed by atoms with Crippen molar-refractivity contribution in [3.8, 4) is 0 Å². The zero-order valence-electron chi connectivity index (χ0n) is 7.73. The normalized spacial score (nSPS) is 24.1. The zero-order chi connectivity index (χ0) is 9.90. The van der Waals surface area contributed by atoms with Crippen molar-refractivity contribution in [3.05, 3.63) is 0 Å². The van der Waals surface area contributed by atoms with Crippen LogP contribution >= 0.6 is 0 Å². The Balaban J connectivity index is 2.66. The maximum atomic E-state index is 11.3. The fourth-order valence-electron chi connectivity index (χ4n) is 1.60. The van der Waals surface area contributed by atoms with Crippen molar-refractivity contribution in [3.63, 3.8) is 0 Å². The number of nitrogens with one attached hydrogen (secondary N) is 1. The van der Waals surface area contributed by atoms with Crippen LogP contribution in [0.5, 0.6) is 0 Å². The van der Waals surface area contributed by atoms with Crippen LogP contribution in [0.4, 0.5) is 0 Å². The van der Waals surface area contributed by atoms with Gasteiger partial charge in [-0.15, -0.1) is 0 Å². The van der Waals surface area contributed by atoms with Gasteiger partial charge in [0.2, 0.25) is 10.0 Å². The Hall–Kier alpha value is -0.170. The third kappa shape index (κ3) is 2.91. The topological polar surface area (TPSA) is 69.6 Å². The second-order valence-electron chi connectivity index (χ2n) is 3.24. The molecule has 0 aliphatic carbocycles. The van der Waals surface area contributed by atoms with Crippen LogP contribution in [0.3, 0.4) is 0 Å². The predicted octanol–water partition coefficient (Wildman–Crippen LogP) is -1.40. The van der Waals surface area contributed by atoms with Crippen LogP contribution in [0, 0.1) is 0 Å². The smallest absolute Gasteiger partial charge is 0.211 e. The van der Waals surface area contributed by atoms with E-state index in [1.165, 1.54) is 10.6 Å². The Bertz CT molecular complexity index is 246. The average Bonchev–Trinajstić information content (AvgIpc) is 2.49. The van der Waals surface area contributed by atoms with E-state index >= 15 is 0 Å². The molecule has 1 atom stereocenters. The standard InChI is InChI=1S/C7H16N2O3S/c1-13(11,12)9(4-5-10)7-2-3-8-6-7/h7-8,10H,2-6H2,1H3/t7-/m1/s1. The summed E-state index contributed by atoms with van der Waals surface area (Å²) in [5, 5.41) is 11.8. The first-order valence-corrected chi connectivity index (χ1v) is 6.19. The van der Waals surface area contributed by atoms with E-state index in [2.05, 4.69) is 5.32 Å². The van der Waals surface area contributed by atoms with Gasteiger partial charge in [-0.05, 0) is 13.0 Å². The van der Waals surface area contributed by atoms with Gasteiger partial charge in [-0.25, -0.2) is 8.42 Å². The number of hydrogen-bond donors (Lipinski definition) is 2. The van der Waals surface area contributed by atoms with E-state index in [1.54, 1.807) is 0 Å². The molecule has 1 rings (SSSR count). The second-order valence-corrected chi connectivity index (χ2v) is 5.18. The summed E-state index contributed by atoms with van der Waals surface area (Å²) in [6.07, 6.45) is 2.01. The van der Waals surface area contributed by atoms with Crippen molar-refractivity contribution in [2.75, 3.05) is 32.5 Å². The van der Waals surface area contributed by atoms with Crippen molar-refractivity contribution < 1.29 is 13.5 Å². The lowest BCUT2D eigenvalue weighted by Gasteiger charge is -2.24. The lowest BCUT2D eigenvalue weighted by Crippen LogP contribution is -2.42. The molecule has 78 valence electrons. The van der Waals surface area contributed by atoms with Crippen molar-refractivity contribution in [2.45, 2.75) is 12.5 Å². The average molecular weight is 208 g/mol. The molecule has 2 N–H and O–H groups in total. The molecule has 0 spiro atoms. The Morgan fingerprint density at radius 1 is 1.62 bits per heavy atom. The lowest BCUT2D eigenvalue weighted by atomic mass is 10.2. The van der Waals surface area contributed by atoms with Gasteiger partial charge in [0, 0.05) is 19.1 Å². The third-order valence-corrected chi connectivity index (χ3v) is 3.52. The Morgan fingerprint density at radius 3 is 2.69 bits per heavy atom. The fourth-order valence-corrected chi connectivity index (χ4v) is 2.74. The van der Waals surface area contributed by atoms with E-state index in [0.717, 1.165) is 13.0 Å². The van der Waals surface area contributed by atoms with Crippen LogP contribution < -0.4 is 5.32 Å². The largest absolute Gasteiger partial charge is 0.395 e. The minimum absolute atomic E-state index is 0.0159. The van der Waals surface area contributed by atoms with Crippen molar-refractivity contribution >= 4 is 10.0 Å². The molecular weight excluding hydrogens is 192 g/mol. The molecule has 1 heterocycles. The molecule has 0 bridgehead atoms. The lowest BCUT2D eigenvalue weighted by molar-refractivity contribution is 0.231. The highest BCUT2D eigenvalue weighted by Crippen LogP contribution is 2.11. The summed E-state index contributed by atoms with van der Waals surface area (Å²) in [5.74, 6) is 0. The van der Waals surface area contributed by atoms with Gasteiger partial charge in [0.15, 0.2) is 0 Å². The van der Waals surface area contributed by atoms with Crippen LogP contribution in [0.2, 0.25) is 0 Å². The second kappa shape index (κ2) is 4.36. The maximum absolute atomic E-state index is 11.3. The first-order chi connectivity index (χ1) is 6.05. The molecule has 6 heteroatoms. The van der Waals surface area contributed by atoms with Crippen LogP contribution in [-0.4, -0.2) is 56.4 Å². The molecule has 0 amide bonds. The molecule has 0 saturated carbocycles. The van der Waals surface area contributed by atoms with Crippen molar-refractivity contribution in [2.24, 2.45) is 0 Å². The highest BCUT2D eigenvalue weighted by Gasteiger charge is 2.28. The minimum atomic E-state index is -3.18. The van der Waals surface area contributed by atoms with Crippen molar-refractivity contribution in [1.82, 2.24) is 9.62 Å². The molecule has 1 aliphatic heterocycles. The summed E-state index contributed by atoms with van der Waals surface area (Å²) in [6, 6.07) is 0.0159. The SMILES string of the molecule is CS(=O)(=O)N(CCO)[C@@H]1CCNC1. The Labute approximate surface area is 78.8 Å². The van der Waals surface area contributed by atoms with E-state index in [-0.39, 0.29) is 19.2 Å². The number of nitrogens with zero attached hydrogens (tertiary/aromatic N) is 1. The molecule has 0 unspecified atom stereocenters. The monoisotopic (exact) mass is 208 g/mol. The summed E-state index contributed by atoms with van der Waals surface area (Å²) >= 11 is 0. The Morgan fingerprint density at radius 2 is 2.31 bits per heavy atom. The first-order valence-electron chi connectivity index (χ1n) is 4.34. The van der Waals surface area contributed by atoms with E-state index < -0.39 is 10.0 Å². The van der Waals surface area contributed by atoms with Crippen LogP contribution in [0.15, 0.2) is 0 Å². The highest BCUT2D eigenvalue weighted by atomic mass is 32.2. The number of sulfonamides is 1. The summed E-state index contributed by atoms with van der Waals surface area (Å²) in [6.45, 7) is 1.62. The predicted molar refractivity (Wildman–Crippen MR) is 49.9 cm³/mol. The van der Waals surface area contributed by atoms with Gasteiger partial charge in [-0.1, -0.05) is 0 Å². The Kier molecular flexibility index (Phi) is 3.66. The summed E-state index contributed by atoms with van der Waals surface area (Å²) in [4.78, 5) is 0. The minimum Gasteiger partial charge on any atom is -0.395 e. The number of aliphatic hydroxyl groups is 1. The van der Waals surface area contributed by atoms with Crippen molar-refractivity contribution in [1.29, 1.82) is 0 Å². The summed E-state index contributed by atoms with van der Waals surface area (Å²) < 4.78 is 24.0. The number of aliphatic hydroxyl groups excluding tert-OH is 1. The molecule has 13 heavy (non-hydrogen) atoms. The molecule has 5 nitrogen and oxygen atoms in total. The molecule has 1 aliphatic rings. The summed E-state index contributed by atoms with van der Waals surface area (Å²) in [5.41, 5.74) is 0. The molecular formula is C7H16N2O3S. The van der Waals surface area contributed by atoms with Gasteiger partial charge >= 0.3 is 0 Å². The van der Waals surface area contributed by atoms with Crippen LogP contribution in [0.1, 0.15) is 6.42 Å². The van der Waals surface area contributed by atoms with E-state index in [4.69, 9.17) is 5.11 Å². The molecule has 1 saturated heterocycles. The van der Waals surface area contributed by atoms with Gasteiger partial charge in [-0.2, -0.15) is 4.31 Å². The molecule has 0 aromatic rings. The van der Waals surface area contributed by atoms with Gasteiger partial charge in [0.25, 0.3) is 0 Å². The van der Waals surface area contributed by atoms with E-state index in [9.17, 15) is 8.42 Å². The first kappa shape index (κ1) is 10.9. The molecule has 0 radical (unpaired) electrons. The number of rotatable bonds is 4. The third-order valence-electron chi connectivity index (χ3n) is 2.19. The summed E-state index contributed by atoms with van der Waals surface area (Å²) in [7, 11) is -3.18.